The molecule has 0 radical (unpaired) electrons. The summed E-state index contributed by atoms with van der Waals surface area (Å²) in [7, 11) is 0. The van der Waals surface area contributed by atoms with E-state index in [4.69, 9.17) is 28.3 Å². The first-order valence-electron chi connectivity index (χ1n) is 6.21. The molecule has 0 bridgehead atoms. The third-order valence-electron chi connectivity index (χ3n) is 2.98. The van der Waals surface area contributed by atoms with Gasteiger partial charge in [0.1, 0.15) is 11.4 Å². The number of fused-ring (bicyclic) bond motifs is 1. The Bertz CT molecular complexity index is 712. The van der Waals surface area contributed by atoms with Crippen LogP contribution in [0.15, 0.2) is 18.2 Å². The van der Waals surface area contributed by atoms with Crippen LogP contribution in [0.5, 0.6) is 0 Å². The van der Waals surface area contributed by atoms with Gasteiger partial charge in [-0.3, -0.25) is 9.59 Å². The van der Waals surface area contributed by atoms with Crippen molar-refractivity contribution in [3.8, 4) is 0 Å². The lowest BCUT2D eigenvalue weighted by Gasteiger charge is -2.24. The highest BCUT2D eigenvalue weighted by molar-refractivity contribution is 7.21. The van der Waals surface area contributed by atoms with Crippen molar-refractivity contribution in [2.45, 2.75) is 19.9 Å². The van der Waals surface area contributed by atoms with Gasteiger partial charge < -0.3 is 10.0 Å². The van der Waals surface area contributed by atoms with E-state index in [1.807, 2.05) is 0 Å². The molecule has 4 nitrogen and oxygen atoms in total. The SMILES string of the molecule is CC(C)N(CC(=O)O)C(=O)c1sc2cc(Cl)ccc2c1Cl. The standard InChI is InChI=1S/C14H13Cl2NO3S/c1-7(2)17(6-11(18)19)14(20)13-12(16)9-4-3-8(15)5-10(9)21-13/h3-5,7H,6H2,1-2H3,(H,18,19). The summed E-state index contributed by atoms with van der Waals surface area (Å²) in [6, 6.07) is 4.96. The molecule has 1 heterocycles. The molecule has 112 valence electrons. The molecular formula is C14H13Cl2NO3S. The highest BCUT2D eigenvalue weighted by atomic mass is 35.5. The minimum Gasteiger partial charge on any atom is -0.480 e. The maximum atomic E-state index is 12.6. The largest absolute Gasteiger partial charge is 0.480 e. The van der Waals surface area contributed by atoms with Gasteiger partial charge in [-0.15, -0.1) is 11.3 Å². The van der Waals surface area contributed by atoms with Gasteiger partial charge in [0.2, 0.25) is 0 Å². The van der Waals surface area contributed by atoms with Gasteiger partial charge in [-0.05, 0) is 26.0 Å². The molecule has 1 aromatic carbocycles. The number of thiophene rings is 1. The van der Waals surface area contributed by atoms with Crippen molar-refractivity contribution in [3.63, 3.8) is 0 Å². The van der Waals surface area contributed by atoms with Crippen LogP contribution in [0.1, 0.15) is 23.5 Å². The second kappa shape index (κ2) is 6.22. The van der Waals surface area contributed by atoms with Crippen LogP contribution < -0.4 is 0 Å². The fourth-order valence-electron chi connectivity index (χ4n) is 1.94. The summed E-state index contributed by atoms with van der Waals surface area (Å²) >= 11 is 13.4. The lowest BCUT2D eigenvalue weighted by atomic mass is 10.2. The van der Waals surface area contributed by atoms with E-state index in [-0.39, 0.29) is 18.5 Å². The topological polar surface area (TPSA) is 57.6 Å². The number of aliphatic carboxylic acids is 1. The lowest BCUT2D eigenvalue weighted by Crippen LogP contribution is -2.40. The van der Waals surface area contributed by atoms with Crippen LogP contribution in [0.4, 0.5) is 0 Å². The average molecular weight is 346 g/mol. The van der Waals surface area contributed by atoms with Gasteiger partial charge in [0.15, 0.2) is 0 Å². The van der Waals surface area contributed by atoms with Crippen molar-refractivity contribution in [1.82, 2.24) is 4.90 Å². The third-order valence-corrected chi connectivity index (χ3v) is 4.86. The Balaban J connectivity index is 2.46. The number of amides is 1. The number of carboxylic acids is 1. The van der Waals surface area contributed by atoms with Crippen LogP contribution >= 0.6 is 34.5 Å². The monoisotopic (exact) mass is 345 g/mol. The summed E-state index contributed by atoms with van der Waals surface area (Å²) in [5.74, 6) is -1.44. The van der Waals surface area contributed by atoms with Gasteiger partial charge >= 0.3 is 5.97 Å². The van der Waals surface area contributed by atoms with E-state index in [2.05, 4.69) is 0 Å². The molecule has 0 spiro atoms. The van der Waals surface area contributed by atoms with Crippen LogP contribution in [0.2, 0.25) is 10.0 Å². The van der Waals surface area contributed by atoms with E-state index in [1.54, 1.807) is 32.0 Å². The molecule has 0 atom stereocenters. The highest BCUT2D eigenvalue weighted by Gasteiger charge is 2.26. The van der Waals surface area contributed by atoms with E-state index in [1.165, 1.54) is 16.2 Å². The molecule has 1 amide bonds. The number of hydrogen-bond acceptors (Lipinski definition) is 3. The quantitative estimate of drug-likeness (QED) is 0.905. The summed E-state index contributed by atoms with van der Waals surface area (Å²) in [5, 5.41) is 10.6. The summed E-state index contributed by atoms with van der Waals surface area (Å²) < 4.78 is 0.801. The Hall–Kier alpha value is -1.30. The zero-order valence-electron chi connectivity index (χ0n) is 11.4. The molecule has 7 heteroatoms. The van der Waals surface area contributed by atoms with E-state index >= 15 is 0 Å². The first-order valence-corrected chi connectivity index (χ1v) is 7.78. The highest BCUT2D eigenvalue weighted by Crippen LogP contribution is 2.37. The molecule has 0 aliphatic carbocycles. The Labute approximate surface area is 135 Å². The van der Waals surface area contributed by atoms with Gasteiger partial charge in [-0.1, -0.05) is 29.3 Å². The predicted octanol–water partition coefficient (Wildman–Crippen LogP) is 4.14. The van der Waals surface area contributed by atoms with Gasteiger partial charge in [-0.25, -0.2) is 0 Å². The smallest absolute Gasteiger partial charge is 0.323 e. The van der Waals surface area contributed by atoms with Crippen molar-refractivity contribution in [2.24, 2.45) is 0 Å². The number of rotatable bonds is 4. The molecule has 1 aromatic heterocycles. The first kappa shape index (κ1) is 16.1. The second-order valence-corrected chi connectivity index (χ2v) is 6.67. The second-order valence-electron chi connectivity index (χ2n) is 4.81. The Morgan fingerprint density at radius 1 is 1.33 bits per heavy atom. The van der Waals surface area contributed by atoms with Crippen molar-refractivity contribution in [2.75, 3.05) is 6.54 Å². The summed E-state index contributed by atoms with van der Waals surface area (Å²) in [6.07, 6.45) is 0. The van der Waals surface area contributed by atoms with Crippen LogP contribution in [0, 0.1) is 0 Å². The predicted molar refractivity (Wildman–Crippen MR) is 85.7 cm³/mol. The van der Waals surface area contributed by atoms with E-state index in [0.717, 1.165) is 10.1 Å². The first-order chi connectivity index (χ1) is 9.81. The average Bonchev–Trinajstić information content (AvgIpc) is 2.71. The molecule has 0 unspecified atom stereocenters. The molecule has 0 fully saturated rings. The molecule has 0 saturated carbocycles. The van der Waals surface area contributed by atoms with Crippen LogP contribution in [0.25, 0.3) is 10.1 Å². The normalized spacial score (nSPS) is 11.1. The van der Waals surface area contributed by atoms with Crippen LogP contribution in [0.3, 0.4) is 0 Å². The van der Waals surface area contributed by atoms with Crippen molar-refractivity contribution >= 4 is 56.5 Å². The zero-order valence-corrected chi connectivity index (χ0v) is 13.7. The van der Waals surface area contributed by atoms with Crippen molar-refractivity contribution in [3.05, 3.63) is 33.1 Å². The molecule has 21 heavy (non-hydrogen) atoms. The molecular weight excluding hydrogens is 333 g/mol. The Morgan fingerprint density at radius 2 is 2.00 bits per heavy atom. The number of nitrogens with zero attached hydrogens (tertiary/aromatic N) is 1. The van der Waals surface area contributed by atoms with E-state index < -0.39 is 5.97 Å². The maximum absolute atomic E-state index is 12.6. The fraction of sp³-hybridized carbons (Fsp3) is 0.286. The molecule has 0 aliphatic rings. The number of benzene rings is 1. The van der Waals surface area contributed by atoms with Crippen LogP contribution in [-0.2, 0) is 4.79 Å². The molecule has 0 saturated heterocycles. The van der Waals surface area contributed by atoms with Crippen molar-refractivity contribution < 1.29 is 14.7 Å². The number of carbonyl (C=O) groups is 2. The fourth-order valence-corrected chi connectivity index (χ4v) is 3.69. The Kier molecular flexibility index (Phi) is 4.76. The zero-order chi connectivity index (χ0) is 15.7. The summed E-state index contributed by atoms with van der Waals surface area (Å²) in [6.45, 7) is 3.17. The van der Waals surface area contributed by atoms with Crippen molar-refractivity contribution in [1.29, 1.82) is 0 Å². The lowest BCUT2D eigenvalue weighted by molar-refractivity contribution is -0.138. The van der Waals surface area contributed by atoms with E-state index in [0.29, 0.717) is 14.9 Å². The minimum atomic E-state index is -1.06. The molecule has 2 aromatic rings. The summed E-state index contributed by atoms with van der Waals surface area (Å²) in [4.78, 5) is 25.1. The number of halogens is 2. The van der Waals surface area contributed by atoms with Gasteiger partial charge in [-0.2, -0.15) is 0 Å². The minimum absolute atomic E-state index is 0.238. The Morgan fingerprint density at radius 3 is 2.57 bits per heavy atom. The number of carboxylic acid groups (broad SMARTS) is 1. The summed E-state index contributed by atoms with van der Waals surface area (Å²) in [5.41, 5.74) is 0. The molecule has 2 rings (SSSR count). The molecule has 0 aliphatic heterocycles. The number of carbonyl (C=O) groups excluding carboxylic acids is 1. The molecule has 1 N–H and O–H groups in total. The van der Waals surface area contributed by atoms with E-state index in [9.17, 15) is 9.59 Å². The van der Waals surface area contributed by atoms with Gasteiger partial charge in [0.05, 0.1) is 5.02 Å². The third kappa shape index (κ3) is 3.31. The maximum Gasteiger partial charge on any atom is 0.323 e. The van der Waals surface area contributed by atoms with Gasteiger partial charge in [0, 0.05) is 21.2 Å². The van der Waals surface area contributed by atoms with Gasteiger partial charge in [0.25, 0.3) is 5.91 Å². The number of hydrogen-bond donors (Lipinski definition) is 1. The van der Waals surface area contributed by atoms with Crippen LogP contribution in [-0.4, -0.2) is 34.5 Å².